The number of anilines is 1. The Morgan fingerprint density at radius 2 is 1.83 bits per heavy atom. The Morgan fingerprint density at radius 1 is 1.10 bits per heavy atom. The van der Waals surface area contributed by atoms with E-state index in [9.17, 15) is 4.79 Å². The van der Waals surface area contributed by atoms with E-state index in [0.29, 0.717) is 16.7 Å². The minimum atomic E-state index is -0.338. The number of benzene rings is 2. The molecule has 30 heavy (non-hydrogen) atoms. The Balaban J connectivity index is 1.65. The molecule has 3 aromatic rings. The van der Waals surface area contributed by atoms with Crippen LogP contribution in [0.15, 0.2) is 53.7 Å². The first-order valence-corrected chi connectivity index (χ1v) is 10.5. The number of hydrogen-bond acceptors (Lipinski definition) is 6. The molecular formula is C22H26N4O3S. The Morgan fingerprint density at radius 3 is 2.57 bits per heavy atom. The minimum Gasteiger partial charge on any atom is -0.497 e. The van der Waals surface area contributed by atoms with Crippen LogP contribution in [0.4, 0.5) is 5.69 Å². The van der Waals surface area contributed by atoms with Gasteiger partial charge in [0.1, 0.15) is 11.5 Å². The summed E-state index contributed by atoms with van der Waals surface area (Å²) in [7, 11) is 3.49. The molecule has 158 valence electrons. The lowest BCUT2D eigenvalue weighted by Crippen LogP contribution is -2.23. The third-order valence-corrected chi connectivity index (χ3v) is 5.77. The molecule has 0 bridgehead atoms. The van der Waals surface area contributed by atoms with Crippen molar-refractivity contribution in [2.24, 2.45) is 7.05 Å². The van der Waals surface area contributed by atoms with Crippen molar-refractivity contribution in [3.8, 4) is 11.5 Å². The average Bonchev–Trinajstić information content (AvgIpc) is 3.10. The zero-order chi connectivity index (χ0) is 21.7. The summed E-state index contributed by atoms with van der Waals surface area (Å²) < 4.78 is 13.1. The van der Waals surface area contributed by atoms with Crippen molar-refractivity contribution in [2.45, 2.75) is 37.3 Å². The van der Waals surface area contributed by atoms with Gasteiger partial charge in [-0.15, -0.1) is 10.2 Å². The Hall–Kier alpha value is -3.00. The fraction of sp³-hybridized carbons (Fsp3) is 0.318. The summed E-state index contributed by atoms with van der Waals surface area (Å²) in [5.74, 6) is 2.00. The molecule has 1 amide bonds. The topological polar surface area (TPSA) is 78.3 Å². The van der Waals surface area contributed by atoms with Crippen molar-refractivity contribution in [1.29, 1.82) is 0 Å². The van der Waals surface area contributed by atoms with Gasteiger partial charge in [0.05, 0.1) is 12.4 Å². The smallest absolute Gasteiger partial charge is 0.237 e. The molecule has 2 atom stereocenters. The number of aromatic nitrogens is 3. The van der Waals surface area contributed by atoms with Gasteiger partial charge in [0.25, 0.3) is 0 Å². The highest BCUT2D eigenvalue weighted by Gasteiger charge is 2.22. The first kappa shape index (κ1) is 21.7. The van der Waals surface area contributed by atoms with Gasteiger partial charge in [-0.05, 0) is 44.5 Å². The first-order valence-electron chi connectivity index (χ1n) is 9.62. The summed E-state index contributed by atoms with van der Waals surface area (Å²) in [6, 6.07) is 15.1. The second kappa shape index (κ2) is 9.67. The highest BCUT2D eigenvalue weighted by atomic mass is 32.2. The lowest BCUT2D eigenvalue weighted by molar-refractivity contribution is -0.115. The van der Waals surface area contributed by atoms with E-state index >= 15 is 0 Å². The van der Waals surface area contributed by atoms with Crippen LogP contribution in [0.2, 0.25) is 0 Å². The van der Waals surface area contributed by atoms with E-state index in [0.717, 1.165) is 17.0 Å². The van der Waals surface area contributed by atoms with Crippen molar-refractivity contribution in [3.05, 3.63) is 59.9 Å². The minimum absolute atomic E-state index is 0.0838. The zero-order valence-corrected chi connectivity index (χ0v) is 18.6. The second-order valence-electron chi connectivity index (χ2n) is 6.90. The average molecular weight is 427 g/mol. The van der Waals surface area contributed by atoms with Crippen molar-refractivity contribution >= 4 is 23.4 Å². The molecule has 0 aliphatic heterocycles. The predicted octanol–water partition coefficient (Wildman–Crippen LogP) is 4.39. The maximum absolute atomic E-state index is 12.6. The van der Waals surface area contributed by atoms with Crippen LogP contribution in [0.5, 0.6) is 11.5 Å². The number of aryl methyl sites for hydroxylation is 1. The molecule has 0 aliphatic carbocycles. The van der Waals surface area contributed by atoms with Crippen molar-refractivity contribution in [3.63, 3.8) is 0 Å². The number of amides is 1. The number of carbonyl (C=O) groups excluding carboxylic acids is 1. The van der Waals surface area contributed by atoms with Crippen molar-refractivity contribution in [1.82, 2.24) is 14.8 Å². The quantitative estimate of drug-likeness (QED) is 0.538. The number of hydrogen-bond donors (Lipinski definition) is 1. The lowest BCUT2D eigenvalue weighted by atomic mass is 10.2. The summed E-state index contributed by atoms with van der Waals surface area (Å²) in [5.41, 5.74) is 1.83. The molecule has 0 radical (unpaired) electrons. The van der Waals surface area contributed by atoms with E-state index in [1.54, 1.807) is 7.11 Å². The predicted molar refractivity (Wildman–Crippen MR) is 118 cm³/mol. The van der Waals surface area contributed by atoms with Crippen LogP contribution in [0.1, 0.15) is 31.3 Å². The fourth-order valence-corrected chi connectivity index (χ4v) is 3.70. The molecule has 0 saturated carbocycles. The number of methoxy groups -OCH3 is 1. The van der Waals surface area contributed by atoms with Crippen molar-refractivity contribution in [2.75, 3.05) is 12.4 Å². The van der Waals surface area contributed by atoms with E-state index in [2.05, 4.69) is 15.5 Å². The van der Waals surface area contributed by atoms with E-state index in [-0.39, 0.29) is 17.3 Å². The van der Waals surface area contributed by atoms with Gasteiger partial charge in [0, 0.05) is 18.8 Å². The highest BCUT2D eigenvalue weighted by molar-refractivity contribution is 8.00. The van der Waals surface area contributed by atoms with Crippen LogP contribution in [0.3, 0.4) is 0 Å². The summed E-state index contributed by atoms with van der Waals surface area (Å²) in [6.45, 7) is 5.72. The normalized spacial score (nSPS) is 12.8. The van der Waals surface area contributed by atoms with Crippen LogP contribution in [0.25, 0.3) is 0 Å². The first-order chi connectivity index (χ1) is 14.4. The van der Waals surface area contributed by atoms with Gasteiger partial charge in [-0.1, -0.05) is 36.0 Å². The summed E-state index contributed by atoms with van der Waals surface area (Å²) in [6.07, 6.45) is -0.319. The summed E-state index contributed by atoms with van der Waals surface area (Å²) in [5, 5.41) is 11.8. The number of nitrogens with zero attached hydrogens (tertiary/aromatic N) is 3. The van der Waals surface area contributed by atoms with Gasteiger partial charge in [-0.2, -0.15) is 0 Å². The molecule has 0 saturated heterocycles. The molecule has 1 aromatic heterocycles. The number of rotatable bonds is 8. The maximum Gasteiger partial charge on any atom is 0.237 e. The summed E-state index contributed by atoms with van der Waals surface area (Å²) in [4.78, 5) is 12.6. The number of ether oxygens (including phenoxy) is 2. The number of para-hydroxylation sites is 1. The van der Waals surface area contributed by atoms with E-state index < -0.39 is 0 Å². The van der Waals surface area contributed by atoms with Gasteiger partial charge in [-0.25, -0.2) is 0 Å². The molecular weight excluding hydrogens is 400 g/mol. The molecule has 0 spiro atoms. The van der Waals surface area contributed by atoms with Crippen LogP contribution < -0.4 is 14.8 Å². The number of thioether (sulfide) groups is 1. The third kappa shape index (κ3) is 5.13. The molecule has 0 aliphatic rings. The van der Waals surface area contributed by atoms with Gasteiger partial charge in [0.2, 0.25) is 5.91 Å². The van der Waals surface area contributed by atoms with Gasteiger partial charge < -0.3 is 19.4 Å². The van der Waals surface area contributed by atoms with Crippen LogP contribution >= 0.6 is 11.8 Å². The molecule has 0 fully saturated rings. The van der Waals surface area contributed by atoms with Crippen molar-refractivity contribution < 1.29 is 14.3 Å². The van der Waals surface area contributed by atoms with Gasteiger partial charge >= 0.3 is 0 Å². The number of carbonyl (C=O) groups is 1. The van der Waals surface area contributed by atoms with E-state index in [1.165, 1.54) is 11.8 Å². The Kier molecular flexibility index (Phi) is 6.99. The van der Waals surface area contributed by atoms with Crippen LogP contribution in [0, 0.1) is 6.92 Å². The summed E-state index contributed by atoms with van der Waals surface area (Å²) >= 11 is 1.36. The largest absolute Gasteiger partial charge is 0.497 e. The Bertz CT molecular complexity index is 1020. The lowest BCUT2D eigenvalue weighted by Gasteiger charge is -2.16. The molecule has 7 nitrogen and oxygen atoms in total. The number of nitrogens with one attached hydrogen (secondary N) is 1. The van der Waals surface area contributed by atoms with E-state index in [1.807, 2.05) is 80.9 Å². The Labute approximate surface area is 180 Å². The fourth-order valence-electron chi connectivity index (χ4n) is 2.87. The molecule has 2 aromatic carbocycles. The third-order valence-electron chi connectivity index (χ3n) is 4.64. The monoisotopic (exact) mass is 426 g/mol. The van der Waals surface area contributed by atoms with Gasteiger partial charge in [-0.3, -0.25) is 4.79 Å². The standard InChI is InChI=1S/C22H26N4O3S/c1-14-9-6-7-12-19(14)23-21(27)16(3)30-22-25-24-20(26(22)4)15(2)29-18-11-8-10-17(13-18)28-5/h6-13,15-16H,1-5H3,(H,23,27). The molecule has 8 heteroatoms. The highest BCUT2D eigenvalue weighted by Crippen LogP contribution is 2.28. The molecule has 2 unspecified atom stereocenters. The van der Waals surface area contributed by atoms with E-state index in [4.69, 9.17) is 9.47 Å². The maximum atomic E-state index is 12.6. The molecule has 3 rings (SSSR count). The second-order valence-corrected chi connectivity index (χ2v) is 8.21. The molecule has 1 heterocycles. The zero-order valence-electron chi connectivity index (χ0n) is 17.7. The van der Waals surface area contributed by atoms with Gasteiger partial charge in [0.15, 0.2) is 17.1 Å². The SMILES string of the molecule is COc1cccc(OC(C)c2nnc(SC(C)C(=O)Nc3ccccc3C)n2C)c1. The molecule has 1 N–H and O–H groups in total. The van der Waals surface area contributed by atoms with Crippen LogP contribution in [-0.4, -0.2) is 33.0 Å². The van der Waals surface area contributed by atoms with Crippen LogP contribution in [-0.2, 0) is 11.8 Å².